The fourth-order valence-corrected chi connectivity index (χ4v) is 7.00. The maximum absolute atomic E-state index is 4.91. The quantitative estimate of drug-likeness (QED) is 0.655. The number of hydrogen-bond donors (Lipinski definition) is 0. The summed E-state index contributed by atoms with van der Waals surface area (Å²) in [5.41, 5.74) is 2.31. The van der Waals surface area contributed by atoms with E-state index in [9.17, 15) is 0 Å². The van der Waals surface area contributed by atoms with E-state index in [1.807, 2.05) is 11.3 Å². The number of hydrogen-bond acceptors (Lipinski definition) is 4. The molecule has 2 atom stereocenters. The molecule has 1 aliphatic rings. The number of benzene rings is 1. The first-order chi connectivity index (χ1) is 9.78. The summed E-state index contributed by atoms with van der Waals surface area (Å²) in [6.45, 7) is 2.29. The summed E-state index contributed by atoms with van der Waals surface area (Å²) in [6.07, 6.45) is 1.23. The van der Waals surface area contributed by atoms with E-state index >= 15 is 0 Å². The number of aromatic nitrogens is 1. The molecular formula is C15H16BrNS3. The van der Waals surface area contributed by atoms with Crippen LogP contribution in [0.1, 0.15) is 23.6 Å². The van der Waals surface area contributed by atoms with Crippen molar-refractivity contribution in [2.45, 2.75) is 23.8 Å². The van der Waals surface area contributed by atoms with Gasteiger partial charge in [0.1, 0.15) is 5.01 Å². The summed E-state index contributed by atoms with van der Waals surface area (Å²) in [7, 11) is 0. The lowest BCUT2D eigenvalue weighted by Gasteiger charge is -2.28. The highest BCUT2D eigenvalue weighted by Gasteiger charge is 2.28. The Morgan fingerprint density at radius 1 is 1.30 bits per heavy atom. The molecule has 1 aromatic carbocycles. The second-order valence-corrected chi connectivity index (χ2v) is 9.09. The zero-order chi connectivity index (χ0) is 13.9. The molecule has 1 saturated heterocycles. The minimum Gasteiger partial charge on any atom is -0.240 e. The van der Waals surface area contributed by atoms with E-state index in [0.29, 0.717) is 5.25 Å². The van der Waals surface area contributed by atoms with E-state index in [2.05, 4.69) is 76.0 Å². The molecule has 0 aliphatic carbocycles. The van der Waals surface area contributed by atoms with Crippen LogP contribution in [0.4, 0.5) is 0 Å². The first-order valence-corrected chi connectivity index (χ1v) is 10.5. The van der Waals surface area contributed by atoms with Gasteiger partial charge in [0.15, 0.2) is 0 Å². The highest BCUT2D eigenvalue weighted by Crippen LogP contribution is 2.45. The lowest BCUT2D eigenvalue weighted by Crippen LogP contribution is -2.18. The fourth-order valence-electron chi connectivity index (χ4n) is 2.33. The molecule has 20 heavy (non-hydrogen) atoms. The van der Waals surface area contributed by atoms with Crippen molar-refractivity contribution in [2.24, 2.45) is 0 Å². The molecule has 0 saturated carbocycles. The van der Waals surface area contributed by atoms with Crippen LogP contribution in [0.3, 0.4) is 0 Å². The minimum absolute atomic E-state index is 0.574. The van der Waals surface area contributed by atoms with Crippen LogP contribution in [0.2, 0.25) is 0 Å². The lowest BCUT2D eigenvalue weighted by molar-refractivity contribution is 0.789. The van der Waals surface area contributed by atoms with Gasteiger partial charge in [-0.05, 0) is 18.6 Å². The zero-order valence-electron chi connectivity index (χ0n) is 11.2. The third-order valence-corrected chi connectivity index (χ3v) is 8.16. The maximum atomic E-state index is 4.91. The third kappa shape index (κ3) is 3.26. The van der Waals surface area contributed by atoms with Crippen molar-refractivity contribution in [1.29, 1.82) is 0 Å². The lowest BCUT2D eigenvalue weighted by atomic mass is 10.2. The summed E-state index contributed by atoms with van der Waals surface area (Å²) in [4.78, 5) is 4.91. The third-order valence-electron chi connectivity index (χ3n) is 3.34. The Balaban J connectivity index is 1.86. The van der Waals surface area contributed by atoms with Crippen molar-refractivity contribution in [3.8, 4) is 11.3 Å². The van der Waals surface area contributed by atoms with Gasteiger partial charge in [-0.3, -0.25) is 0 Å². The van der Waals surface area contributed by atoms with Gasteiger partial charge in [-0.2, -0.15) is 11.8 Å². The van der Waals surface area contributed by atoms with Gasteiger partial charge >= 0.3 is 0 Å². The van der Waals surface area contributed by atoms with Gasteiger partial charge in [-0.25, -0.2) is 4.98 Å². The van der Waals surface area contributed by atoms with Gasteiger partial charge in [0, 0.05) is 32.2 Å². The Hall–Kier alpha value is 0.0300. The second-order valence-electron chi connectivity index (χ2n) is 4.69. The van der Waals surface area contributed by atoms with Crippen molar-refractivity contribution >= 4 is 50.8 Å². The van der Waals surface area contributed by atoms with Gasteiger partial charge in [0.25, 0.3) is 0 Å². The minimum atomic E-state index is 0.574. The van der Waals surface area contributed by atoms with Gasteiger partial charge in [-0.1, -0.05) is 35.0 Å². The predicted molar refractivity (Wildman–Crippen MR) is 97.0 cm³/mol. The van der Waals surface area contributed by atoms with Crippen molar-refractivity contribution in [3.05, 3.63) is 39.1 Å². The molecule has 1 fully saturated rings. The summed E-state index contributed by atoms with van der Waals surface area (Å²) in [6, 6.07) is 8.39. The molecule has 0 spiro atoms. The van der Waals surface area contributed by atoms with Crippen LogP contribution < -0.4 is 0 Å². The van der Waals surface area contributed by atoms with Crippen LogP contribution in [-0.2, 0) is 0 Å². The predicted octanol–water partition coefficient (Wildman–Crippen LogP) is 5.87. The van der Waals surface area contributed by atoms with Crippen molar-refractivity contribution in [3.63, 3.8) is 0 Å². The number of thiazole rings is 1. The Bertz CT molecular complexity index is 584. The maximum Gasteiger partial charge on any atom is 0.107 e. The topological polar surface area (TPSA) is 12.9 Å². The number of halogens is 1. The van der Waals surface area contributed by atoms with E-state index in [1.165, 1.54) is 28.5 Å². The number of thioether (sulfide) groups is 2. The Morgan fingerprint density at radius 3 is 2.95 bits per heavy atom. The summed E-state index contributed by atoms with van der Waals surface area (Å²) < 4.78 is 1.11. The average molecular weight is 386 g/mol. The Kier molecular flexibility index (Phi) is 5.13. The molecule has 2 unspecified atom stereocenters. The van der Waals surface area contributed by atoms with Gasteiger partial charge < -0.3 is 0 Å². The van der Waals surface area contributed by atoms with E-state index < -0.39 is 0 Å². The smallest absolute Gasteiger partial charge is 0.107 e. The molecule has 0 bridgehead atoms. The van der Waals surface area contributed by atoms with Crippen molar-refractivity contribution in [2.75, 3.05) is 11.5 Å². The molecule has 1 aromatic heterocycles. The van der Waals surface area contributed by atoms with Crippen LogP contribution in [-0.4, -0.2) is 21.7 Å². The van der Waals surface area contributed by atoms with Gasteiger partial charge in [0.05, 0.1) is 10.9 Å². The molecule has 1 aliphatic heterocycles. The summed E-state index contributed by atoms with van der Waals surface area (Å²) in [5, 5.41) is 4.79. The van der Waals surface area contributed by atoms with Crippen molar-refractivity contribution in [1.82, 2.24) is 4.98 Å². The molecule has 0 radical (unpaired) electrons. The first-order valence-electron chi connectivity index (χ1n) is 6.72. The molecule has 0 amide bonds. The molecule has 106 valence electrons. The summed E-state index contributed by atoms with van der Waals surface area (Å²) >= 11 is 9.54. The van der Waals surface area contributed by atoms with Crippen LogP contribution in [0.5, 0.6) is 0 Å². The van der Waals surface area contributed by atoms with E-state index in [1.54, 1.807) is 0 Å². The fraction of sp³-hybridized carbons (Fsp3) is 0.400. The molecular weight excluding hydrogens is 370 g/mol. The van der Waals surface area contributed by atoms with E-state index in [-0.39, 0.29) is 0 Å². The van der Waals surface area contributed by atoms with Crippen LogP contribution in [0, 0.1) is 0 Å². The monoisotopic (exact) mass is 385 g/mol. The highest BCUT2D eigenvalue weighted by molar-refractivity contribution is 9.10. The normalized spacial score (nSPS) is 22.9. The molecule has 0 N–H and O–H groups in total. The summed E-state index contributed by atoms with van der Waals surface area (Å²) in [5.74, 6) is 2.53. The number of rotatable bonds is 3. The van der Waals surface area contributed by atoms with Crippen LogP contribution >= 0.6 is 50.8 Å². The molecule has 3 rings (SSSR count). The van der Waals surface area contributed by atoms with Gasteiger partial charge in [0.2, 0.25) is 0 Å². The molecule has 1 nitrogen and oxygen atoms in total. The Morgan fingerprint density at radius 2 is 2.15 bits per heavy atom. The first kappa shape index (κ1) is 14.9. The standard InChI is InChI=1S/C15H16BrNS3/c1-2-13-14(19-7-6-18-13)15-17-12(9-20-15)10-4-3-5-11(16)8-10/h3-5,8-9,13-14H,2,6-7H2,1H3. The molecule has 2 aromatic rings. The zero-order valence-corrected chi connectivity index (χ0v) is 15.2. The van der Waals surface area contributed by atoms with E-state index in [0.717, 1.165) is 15.4 Å². The van der Waals surface area contributed by atoms with Crippen LogP contribution in [0.25, 0.3) is 11.3 Å². The largest absolute Gasteiger partial charge is 0.240 e. The highest BCUT2D eigenvalue weighted by atomic mass is 79.9. The SMILES string of the molecule is CCC1SCCSC1c1nc(-c2cccc(Br)c2)cs1. The Labute approximate surface area is 141 Å². The molecule has 5 heteroatoms. The van der Waals surface area contributed by atoms with Crippen LogP contribution in [0.15, 0.2) is 34.1 Å². The number of nitrogens with zero attached hydrogens (tertiary/aromatic N) is 1. The van der Waals surface area contributed by atoms with Gasteiger partial charge in [-0.15, -0.1) is 23.1 Å². The average Bonchev–Trinajstić information content (AvgIpc) is 2.97. The van der Waals surface area contributed by atoms with E-state index in [4.69, 9.17) is 4.98 Å². The van der Waals surface area contributed by atoms with Crippen molar-refractivity contribution < 1.29 is 0 Å². The molecule has 2 heterocycles. The second kappa shape index (κ2) is 6.86.